The van der Waals surface area contributed by atoms with E-state index in [-0.39, 0.29) is 10.9 Å². The summed E-state index contributed by atoms with van der Waals surface area (Å²) >= 11 is 0. The topological polar surface area (TPSA) is 70.0 Å². The first-order valence-corrected chi connectivity index (χ1v) is 8.36. The maximum atomic E-state index is 11.3. The lowest BCUT2D eigenvalue weighted by Crippen LogP contribution is -2.26. The van der Waals surface area contributed by atoms with Crippen LogP contribution in [0, 0.1) is 17.0 Å². The Morgan fingerprint density at radius 2 is 1.60 bits per heavy atom. The molecular formula is C20H21N2O3-. The highest BCUT2D eigenvalue weighted by Gasteiger charge is 2.29. The summed E-state index contributed by atoms with van der Waals surface area (Å²) in [5, 5.41) is 31.1. The molecule has 0 saturated carbocycles. The highest BCUT2D eigenvalue weighted by Crippen LogP contribution is 2.30. The van der Waals surface area contributed by atoms with Crippen molar-refractivity contribution in [3.8, 4) is 11.8 Å². The molecule has 0 spiro atoms. The molecule has 2 N–H and O–H groups in total. The van der Waals surface area contributed by atoms with Crippen LogP contribution in [0.3, 0.4) is 0 Å². The summed E-state index contributed by atoms with van der Waals surface area (Å²) in [5.74, 6) is 6.12. The Labute approximate surface area is 147 Å². The average molecular weight is 337 g/mol. The zero-order valence-electron chi connectivity index (χ0n) is 13.9. The Morgan fingerprint density at radius 1 is 1.00 bits per heavy atom. The molecule has 25 heavy (non-hydrogen) atoms. The molecule has 130 valence electrons. The molecule has 0 bridgehead atoms. The van der Waals surface area contributed by atoms with Gasteiger partial charge in [-0.1, -0.05) is 54.3 Å². The van der Waals surface area contributed by atoms with Crippen molar-refractivity contribution in [1.82, 2.24) is 4.90 Å². The first-order valence-electron chi connectivity index (χ1n) is 8.36. The molecule has 1 aliphatic rings. The second kappa shape index (κ2) is 7.68. The van der Waals surface area contributed by atoms with Gasteiger partial charge in [0.2, 0.25) is 0 Å². The van der Waals surface area contributed by atoms with Crippen LogP contribution in [0.2, 0.25) is 0 Å². The fraction of sp³-hybridized carbons (Fsp3) is 0.300. The zero-order chi connectivity index (χ0) is 17.7. The Kier molecular flexibility index (Phi) is 5.37. The smallest absolute Gasteiger partial charge is 0.176 e. The Morgan fingerprint density at radius 3 is 2.20 bits per heavy atom. The van der Waals surface area contributed by atoms with Crippen LogP contribution < -0.4 is 5.23 Å². The van der Waals surface area contributed by atoms with Crippen LogP contribution in [0.1, 0.15) is 24.0 Å². The minimum absolute atomic E-state index is 0.101. The van der Waals surface area contributed by atoms with Crippen molar-refractivity contribution in [3.63, 3.8) is 0 Å². The molecule has 2 aromatic carbocycles. The fourth-order valence-electron chi connectivity index (χ4n) is 3.04. The van der Waals surface area contributed by atoms with Crippen molar-refractivity contribution in [1.29, 1.82) is 0 Å². The number of likely N-dealkylation sites (tertiary alicyclic amines) is 1. The van der Waals surface area contributed by atoms with E-state index in [9.17, 15) is 10.3 Å². The predicted molar refractivity (Wildman–Crippen MR) is 97.0 cm³/mol. The summed E-state index contributed by atoms with van der Waals surface area (Å²) in [4.78, 5) is 2.27. The third-order valence-corrected chi connectivity index (χ3v) is 4.47. The van der Waals surface area contributed by atoms with E-state index >= 15 is 0 Å². The third-order valence-electron chi connectivity index (χ3n) is 4.47. The van der Waals surface area contributed by atoms with Gasteiger partial charge in [-0.05, 0) is 38.1 Å². The number of nitrogens with zero attached hydrogens (tertiary/aromatic N) is 2. The second-order valence-electron chi connectivity index (χ2n) is 6.18. The molecule has 0 radical (unpaired) electrons. The van der Waals surface area contributed by atoms with Gasteiger partial charge >= 0.3 is 0 Å². The Hall–Kier alpha value is -2.36. The lowest BCUT2D eigenvalue weighted by atomic mass is 9.87. The Balaban J connectivity index is 1.93. The lowest BCUT2D eigenvalue weighted by molar-refractivity contribution is 0.145. The molecule has 0 aliphatic carbocycles. The summed E-state index contributed by atoms with van der Waals surface area (Å²) in [6, 6.07) is 15.4. The maximum Gasteiger partial charge on any atom is 0.176 e. The van der Waals surface area contributed by atoms with E-state index in [4.69, 9.17) is 5.21 Å². The lowest BCUT2D eigenvalue weighted by Gasteiger charge is -2.26. The number of rotatable bonds is 4. The number of benzene rings is 2. The molecule has 3 rings (SSSR count). The summed E-state index contributed by atoms with van der Waals surface area (Å²) < 4.78 is 0. The van der Waals surface area contributed by atoms with Gasteiger partial charge in [0.25, 0.3) is 0 Å². The van der Waals surface area contributed by atoms with Crippen molar-refractivity contribution in [2.75, 3.05) is 24.9 Å². The summed E-state index contributed by atoms with van der Waals surface area (Å²) in [7, 11) is 0. The highest BCUT2D eigenvalue weighted by molar-refractivity contribution is 5.51. The normalized spacial score (nSPS) is 16.8. The highest BCUT2D eigenvalue weighted by atomic mass is 16.8. The SMILES string of the molecule is [O-]N(O)c1ccc(C(O)(C#CCN2CCCC2)c2ccccc2)cc1. The van der Waals surface area contributed by atoms with Crippen LogP contribution in [0.4, 0.5) is 5.69 Å². The molecule has 0 amide bonds. The molecule has 1 aliphatic heterocycles. The fourth-order valence-corrected chi connectivity index (χ4v) is 3.04. The number of hydrogen-bond donors (Lipinski definition) is 2. The molecule has 1 atom stereocenters. The molecule has 2 aromatic rings. The summed E-state index contributed by atoms with van der Waals surface area (Å²) in [5.41, 5.74) is -0.148. The van der Waals surface area contributed by atoms with Crippen LogP contribution in [-0.4, -0.2) is 34.8 Å². The molecule has 1 saturated heterocycles. The van der Waals surface area contributed by atoms with Crippen LogP contribution in [0.15, 0.2) is 54.6 Å². The first kappa shape index (κ1) is 17.5. The van der Waals surface area contributed by atoms with Gasteiger partial charge in [-0.25, -0.2) is 0 Å². The summed E-state index contributed by atoms with van der Waals surface area (Å²) in [6.07, 6.45) is 2.39. The zero-order valence-corrected chi connectivity index (χ0v) is 13.9. The van der Waals surface area contributed by atoms with Crippen LogP contribution >= 0.6 is 0 Å². The average Bonchev–Trinajstić information content (AvgIpc) is 3.16. The van der Waals surface area contributed by atoms with Gasteiger partial charge in [-0.15, -0.1) is 0 Å². The van der Waals surface area contributed by atoms with Gasteiger partial charge in [0, 0.05) is 11.1 Å². The van der Waals surface area contributed by atoms with E-state index < -0.39 is 5.60 Å². The van der Waals surface area contributed by atoms with Gasteiger partial charge < -0.3 is 15.5 Å². The molecule has 1 unspecified atom stereocenters. The van der Waals surface area contributed by atoms with E-state index in [2.05, 4.69) is 16.7 Å². The molecule has 0 aromatic heterocycles. The first-order chi connectivity index (χ1) is 12.1. The maximum absolute atomic E-state index is 11.3. The van der Waals surface area contributed by atoms with Crippen molar-refractivity contribution < 1.29 is 10.3 Å². The van der Waals surface area contributed by atoms with Crippen LogP contribution in [0.25, 0.3) is 0 Å². The van der Waals surface area contributed by atoms with E-state index in [0.717, 1.165) is 13.1 Å². The molecule has 1 fully saturated rings. The number of anilines is 1. The predicted octanol–water partition coefficient (Wildman–Crippen LogP) is 2.72. The molecule has 1 heterocycles. The van der Waals surface area contributed by atoms with Gasteiger partial charge in [0.15, 0.2) is 5.60 Å². The minimum Gasteiger partial charge on any atom is -0.733 e. The largest absolute Gasteiger partial charge is 0.733 e. The number of aliphatic hydroxyl groups is 1. The van der Waals surface area contributed by atoms with E-state index in [1.54, 1.807) is 12.1 Å². The van der Waals surface area contributed by atoms with Gasteiger partial charge in [0.05, 0.1) is 12.2 Å². The third kappa shape index (κ3) is 4.01. The van der Waals surface area contributed by atoms with Gasteiger partial charge in [-0.3, -0.25) is 10.1 Å². The van der Waals surface area contributed by atoms with Gasteiger partial charge in [-0.2, -0.15) is 0 Å². The number of hydrogen-bond acceptors (Lipinski definition) is 5. The van der Waals surface area contributed by atoms with Gasteiger partial charge in [0.1, 0.15) is 0 Å². The van der Waals surface area contributed by atoms with E-state index in [0.29, 0.717) is 17.7 Å². The standard InChI is InChI=1S/C20H21N2O3/c23-20(17-7-2-1-3-8-17,13-6-16-21-14-4-5-15-21)18-9-11-19(12-10-18)22(24)25/h1-3,7-12,23-24H,4-5,14-16H2/q-1. The summed E-state index contributed by atoms with van der Waals surface area (Å²) in [6.45, 7) is 2.71. The molecule has 5 heteroatoms. The monoisotopic (exact) mass is 337 g/mol. The van der Waals surface area contributed by atoms with E-state index in [1.165, 1.54) is 25.0 Å². The van der Waals surface area contributed by atoms with Crippen molar-refractivity contribution in [3.05, 3.63) is 70.9 Å². The minimum atomic E-state index is -1.47. The molecular weight excluding hydrogens is 316 g/mol. The Bertz CT molecular complexity index is 744. The second-order valence-corrected chi connectivity index (χ2v) is 6.18. The van der Waals surface area contributed by atoms with Crippen LogP contribution in [0.5, 0.6) is 0 Å². The molecule has 5 nitrogen and oxygen atoms in total. The van der Waals surface area contributed by atoms with Crippen molar-refractivity contribution in [2.45, 2.75) is 18.4 Å². The van der Waals surface area contributed by atoms with Crippen molar-refractivity contribution in [2.24, 2.45) is 0 Å². The van der Waals surface area contributed by atoms with Crippen molar-refractivity contribution >= 4 is 5.69 Å². The van der Waals surface area contributed by atoms with E-state index in [1.807, 2.05) is 30.3 Å². The quantitative estimate of drug-likeness (QED) is 0.663. The van der Waals surface area contributed by atoms with Crippen LogP contribution in [-0.2, 0) is 5.60 Å².